The summed E-state index contributed by atoms with van der Waals surface area (Å²) in [4.78, 5) is 17.8. The Kier molecular flexibility index (Phi) is 8.27. The lowest BCUT2D eigenvalue weighted by atomic mass is 9.69. The predicted octanol–water partition coefficient (Wildman–Crippen LogP) is 6.40. The van der Waals surface area contributed by atoms with Crippen molar-refractivity contribution in [3.63, 3.8) is 0 Å². The lowest BCUT2D eigenvalue weighted by Gasteiger charge is -2.44. The van der Waals surface area contributed by atoms with Gasteiger partial charge in [-0.25, -0.2) is 0 Å². The monoisotopic (exact) mass is 526 g/mol. The van der Waals surface area contributed by atoms with Crippen LogP contribution in [0.3, 0.4) is 0 Å². The molecule has 0 aromatic heterocycles. The van der Waals surface area contributed by atoms with Gasteiger partial charge in [0.1, 0.15) is 11.5 Å². The van der Waals surface area contributed by atoms with Crippen molar-refractivity contribution in [2.24, 2.45) is 11.8 Å². The third kappa shape index (κ3) is 5.99. The van der Waals surface area contributed by atoms with Crippen LogP contribution in [0.4, 0.5) is 0 Å². The molecule has 5 nitrogen and oxygen atoms in total. The van der Waals surface area contributed by atoms with Gasteiger partial charge < -0.3 is 14.4 Å². The van der Waals surface area contributed by atoms with Crippen molar-refractivity contribution < 1.29 is 14.3 Å². The molecule has 39 heavy (non-hydrogen) atoms. The van der Waals surface area contributed by atoms with Crippen molar-refractivity contribution >= 4 is 5.91 Å². The fraction of sp³-hybridized carbons (Fsp3) is 0.441. The van der Waals surface area contributed by atoms with Crippen LogP contribution >= 0.6 is 0 Å². The number of carbonyl (C=O) groups is 1. The van der Waals surface area contributed by atoms with Crippen LogP contribution in [-0.4, -0.2) is 56.1 Å². The second-order valence-corrected chi connectivity index (χ2v) is 11.7. The van der Waals surface area contributed by atoms with Crippen LogP contribution in [0.1, 0.15) is 60.2 Å². The minimum absolute atomic E-state index is 0.117. The molecular formula is C34H42N2O3. The second kappa shape index (κ2) is 11.8. The minimum atomic E-state index is -0.117. The summed E-state index contributed by atoms with van der Waals surface area (Å²) in [5, 5.41) is 0. The normalized spacial score (nSPS) is 21.4. The summed E-state index contributed by atoms with van der Waals surface area (Å²) in [6.45, 7) is 9.05. The van der Waals surface area contributed by atoms with E-state index >= 15 is 0 Å². The Hall–Kier alpha value is -3.31. The Morgan fingerprint density at radius 2 is 1.36 bits per heavy atom. The van der Waals surface area contributed by atoms with Crippen molar-refractivity contribution in [2.45, 2.75) is 45.1 Å². The van der Waals surface area contributed by atoms with Crippen molar-refractivity contribution in [3.8, 4) is 11.5 Å². The summed E-state index contributed by atoms with van der Waals surface area (Å²) in [7, 11) is 3.42. The fourth-order valence-electron chi connectivity index (χ4n) is 6.76. The molecule has 2 heterocycles. The van der Waals surface area contributed by atoms with Crippen LogP contribution in [0.2, 0.25) is 0 Å². The van der Waals surface area contributed by atoms with E-state index in [1.165, 1.54) is 23.1 Å². The molecule has 2 fully saturated rings. The lowest BCUT2D eigenvalue weighted by Crippen LogP contribution is -2.46. The molecule has 2 aliphatic rings. The van der Waals surface area contributed by atoms with Gasteiger partial charge in [-0.3, -0.25) is 9.69 Å². The Morgan fingerprint density at radius 1 is 0.821 bits per heavy atom. The quantitative estimate of drug-likeness (QED) is 0.357. The molecule has 1 amide bonds. The van der Waals surface area contributed by atoms with Crippen molar-refractivity contribution in [1.29, 1.82) is 0 Å². The average molecular weight is 527 g/mol. The van der Waals surface area contributed by atoms with E-state index in [9.17, 15) is 4.79 Å². The Bertz CT molecular complexity index is 1180. The standard InChI is InChI=1S/C34H42N2O3/c1-25-20-26(2)22-36(21-25)33(37)28-8-6-27(7-9-28)23-35-19-5-18-34(24-35,29-10-14-31(38-3)15-11-29)30-12-16-32(39-4)17-13-30/h6-17,25-26H,5,18-24H2,1-4H3. The van der Waals surface area contributed by atoms with E-state index in [1.807, 2.05) is 17.0 Å². The molecule has 5 heteroatoms. The third-order valence-electron chi connectivity index (χ3n) is 8.62. The number of methoxy groups -OCH3 is 2. The molecule has 3 aromatic rings. The van der Waals surface area contributed by atoms with Gasteiger partial charge in [0.15, 0.2) is 0 Å². The first-order chi connectivity index (χ1) is 18.9. The number of hydrogen-bond donors (Lipinski definition) is 0. The van der Waals surface area contributed by atoms with E-state index in [-0.39, 0.29) is 11.3 Å². The number of amides is 1. The maximum absolute atomic E-state index is 13.2. The number of likely N-dealkylation sites (tertiary alicyclic amines) is 2. The predicted molar refractivity (Wildman–Crippen MR) is 157 cm³/mol. The highest BCUT2D eigenvalue weighted by Crippen LogP contribution is 2.42. The van der Waals surface area contributed by atoms with Crippen LogP contribution in [0.15, 0.2) is 72.8 Å². The molecule has 0 radical (unpaired) electrons. The largest absolute Gasteiger partial charge is 0.497 e. The first-order valence-corrected chi connectivity index (χ1v) is 14.3. The Balaban J connectivity index is 1.35. The lowest BCUT2D eigenvalue weighted by molar-refractivity contribution is 0.0623. The minimum Gasteiger partial charge on any atom is -0.497 e. The zero-order valence-corrected chi connectivity index (χ0v) is 23.9. The zero-order chi connectivity index (χ0) is 27.4. The summed E-state index contributed by atoms with van der Waals surface area (Å²) in [5.41, 5.74) is 4.54. The van der Waals surface area contributed by atoms with Gasteiger partial charge in [0.25, 0.3) is 5.91 Å². The van der Waals surface area contributed by atoms with Gasteiger partial charge in [0.05, 0.1) is 14.2 Å². The maximum Gasteiger partial charge on any atom is 0.253 e. The van der Waals surface area contributed by atoms with Crippen molar-refractivity contribution in [1.82, 2.24) is 9.80 Å². The topological polar surface area (TPSA) is 42.0 Å². The van der Waals surface area contributed by atoms with Gasteiger partial charge in [0, 0.05) is 37.2 Å². The molecule has 0 bridgehead atoms. The zero-order valence-electron chi connectivity index (χ0n) is 23.9. The summed E-state index contributed by atoms with van der Waals surface area (Å²) in [6, 6.07) is 25.5. The van der Waals surface area contributed by atoms with E-state index in [0.29, 0.717) is 11.8 Å². The van der Waals surface area contributed by atoms with Crippen molar-refractivity contribution in [3.05, 3.63) is 95.1 Å². The number of piperidine rings is 2. The second-order valence-electron chi connectivity index (χ2n) is 11.7. The number of ether oxygens (including phenoxy) is 2. The summed E-state index contributed by atoms with van der Waals surface area (Å²) < 4.78 is 10.9. The molecular weight excluding hydrogens is 484 g/mol. The maximum atomic E-state index is 13.2. The summed E-state index contributed by atoms with van der Waals surface area (Å²) >= 11 is 0. The number of carbonyl (C=O) groups excluding carboxylic acids is 1. The molecule has 5 rings (SSSR count). The van der Waals surface area contributed by atoms with Crippen molar-refractivity contribution in [2.75, 3.05) is 40.4 Å². The van der Waals surface area contributed by atoms with Crippen LogP contribution in [0, 0.1) is 11.8 Å². The molecule has 3 aromatic carbocycles. The van der Waals surface area contributed by atoms with Gasteiger partial charge in [-0.2, -0.15) is 0 Å². The molecule has 2 unspecified atom stereocenters. The van der Waals surface area contributed by atoms with E-state index < -0.39 is 0 Å². The number of hydrogen-bond acceptors (Lipinski definition) is 4. The van der Waals surface area contributed by atoms with Gasteiger partial charge in [-0.1, -0.05) is 50.2 Å². The molecule has 0 aliphatic carbocycles. The van der Waals surface area contributed by atoms with Gasteiger partial charge in [-0.05, 0) is 90.7 Å². The molecule has 0 N–H and O–H groups in total. The highest BCUT2D eigenvalue weighted by molar-refractivity contribution is 5.94. The fourth-order valence-corrected chi connectivity index (χ4v) is 6.76. The van der Waals surface area contributed by atoms with E-state index in [0.717, 1.165) is 62.6 Å². The SMILES string of the molecule is COc1ccc(C2(c3ccc(OC)cc3)CCCN(Cc3ccc(C(=O)N4CC(C)CC(C)C4)cc3)C2)cc1. The summed E-state index contributed by atoms with van der Waals surface area (Å²) in [5.74, 6) is 3.04. The van der Waals surface area contributed by atoms with Crippen LogP contribution in [-0.2, 0) is 12.0 Å². The molecule has 2 atom stereocenters. The molecule has 2 aliphatic heterocycles. The van der Waals surface area contributed by atoms with Crippen LogP contribution in [0.25, 0.3) is 0 Å². The van der Waals surface area contributed by atoms with Gasteiger partial charge in [0.2, 0.25) is 0 Å². The third-order valence-corrected chi connectivity index (χ3v) is 8.62. The molecule has 2 saturated heterocycles. The Labute approximate surface area is 233 Å². The van der Waals surface area contributed by atoms with Crippen LogP contribution in [0.5, 0.6) is 11.5 Å². The highest BCUT2D eigenvalue weighted by Gasteiger charge is 2.39. The van der Waals surface area contributed by atoms with E-state index in [2.05, 4.69) is 79.4 Å². The number of rotatable bonds is 7. The van der Waals surface area contributed by atoms with Gasteiger partial charge in [-0.15, -0.1) is 0 Å². The Morgan fingerprint density at radius 3 is 1.87 bits per heavy atom. The first-order valence-electron chi connectivity index (χ1n) is 14.3. The smallest absolute Gasteiger partial charge is 0.253 e. The van der Waals surface area contributed by atoms with E-state index in [1.54, 1.807) is 14.2 Å². The molecule has 0 spiro atoms. The highest BCUT2D eigenvalue weighted by atomic mass is 16.5. The average Bonchev–Trinajstić information content (AvgIpc) is 2.97. The molecule has 206 valence electrons. The summed E-state index contributed by atoms with van der Waals surface area (Å²) in [6.07, 6.45) is 3.40. The van der Waals surface area contributed by atoms with E-state index in [4.69, 9.17) is 9.47 Å². The van der Waals surface area contributed by atoms with Crippen LogP contribution < -0.4 is 9.47 Å². The van der Waals surface area contributed by atoms with Gasteiger partial charge >= 0.3 is 0 Å². The number of benzene rings is 3. The number of nitrogens with zero attached hydrogens (tertiary/aromatic N) is 2. The first kappa shape index (κ1) is 27.3. The molecule has 0 saturated carbocycles.